The maximum Gasteiger partial charge on any atom is 0.314 e. The van der Waals surface area contributed by atoms with Crippen molar-refractivity contribution in [3.8, 4) is 22.5 Å². The summed E-state index contributed by atoms with van der Waals surface area (Å²) in [6.45, 7) is 14.6. The minimum Gasteiger partial charge on any atom is -0.744 e. The van der Waals surface area contributed by atoms with Gasteiger partial charge in [0, 0.05) is 103 Å². The van der Waals surface area contributed by atoms with E-state index in [0.29, 0.717) is 83.3 Å². The van der Waals surface area contributed by atoms with Gasteiger partial charge in [0.2, 0.25) is 33.1 Å². The summed E-state index contributed by atoms with van der Waals surface area (Å²) in [5, 5.41) is 18.4. The number of hydrogen-bond acceptors (Lipinski definition) is 16. The zero-order chi connectivity index (χ0) is 68.6. The van der Waals surface area contributed by atoms with Gasteiger partial charge in [-0.2, -0.15) is 0 Å². The van der Waals surface area contributed by atoms with Gasteiger partial charge in [0.25, 0.3) is 0 Å². The summed E-state index contributed by atoms with van der Waals surface area (Å²) in [6, 6.07) is 22.8. The van der Waals surface area contributed by atoms with Gasteiger partial charge in [0.15, 0.2) is 5.13 Å². The number of thiazole rings is 1. The van der Waals surface area contributed by atoms with Crippen LogP contribution >= 0.6 is 11.3 Å². The minimum absolute atomic E-state index is 0.0426. The van der Waals surface area contributed by atoms with Gasteiger partial charge < -0.3 is 55.7 Å². The Balaban J connectivity index is 0.732. The highest BCUT2D eigenvalue weighted by atomic mass is 32.2. The third-order valence-electron chi connectivity index (χ3n) is 17.7. The predicted molar refractivity (Wildman–Crippen MR) is 377 cm³/mol. The Kier molecular flexibility index (Phi) is 28.2. The molecule has 96 heavy (non-hydrogen) atoms. The quantitative estimate of drug-likeness (QED) is 0.00827. The van der Waals surface area contributed by atoms with Gasteiger partial charge in [-0.25, -0.2) is 40.9 Å². The summed E-state index contributed by atoms with van der Waals surface area (Å²) in [4.78, 5) is 66.5. The summed E-state index contributed by atoms with van der Waals surface area (Å²) in [7, 11) is -7.31. The van der Waals surface area contributed by atoms with E-state index in [9.17, 15) is 40.6 Å². The highest BCUT2D eigenvalue weighted by Crippen LogP contribution is 2.43. The molecule has 0 unspecified atom stereocenters. The number of benzene rings is 4. The van der Waals surface area contributed by atoms with Crippen LogP contribution in [0.2, 0.25) is 0 Å². The molecule has 0 radical (unpaired) electrons. The van der Waals surface area contributed by atoms with E-state index in [-0.39, 0.29) is 54.2 Å². The van der Waals surface area contributed by atoms with Crippen LogP contribution < -0.4 is 51.9 Å². The smallest absolute Gasteiger partial charge is 0.314 e. The lowest BCUT2D eigenvalue weighted by Crippen LogP contribution is -2.56. The molecule has 1 fully saturated rings. The number of unbranched alkanes of at least 4 members (excludes halogenated alkanes) is 10. The molecule has 1 saturated heterocycles. The number of nitrogens with one attached hydrogen (secondary N) is 6. The second-order valence-electron chi connectivity index (χ2n) is 24.8. The Morgan fingerprint density at radius 3 is 2.05 bits per heavy atom. The number of carbonyl (C=O) groups excluding carboxylic acids is 4. The average Bonchev–Trinajstić information content (AvgIpc) is 0.812. The van der Waals surface area contributed by atoms with E-state index in [1.165, 1.54) is 23.5 Å². The van der Waals surface area contributed by atoms with E-state index in [2.05, 4.69) is 83.3 Å². The molecule has 4 heterocycles. The monoisotopic (exact) mass is 1380 g/mol. The van der Waals surface area contributed by atoms with Crippen LogP contribution in [0.15, 0.2) is 117 Å². The first kappa shape index (κ1) is 74.0. The number of sulfonamides is 1. The zero-order valence-corrected chi connectivity index (χ0v) is 58.7. The van der Waals surface area contributed by atoms with Gasteiger partial charge in [0.05, 0.1) is 40.0 Å². The molecule has 23 nitrogen and oxygen atoms in total. The summed E-state index contributed by atoms with van der Waals surface area (Å²) in [5.74, 6) is -0.739. The molecule has 0 spiro atoms. The first-order chi connectivity index (χ1) is 46.2. The molecule has 2 aromatic heterocycles. The van der Waals surface area contributed by atoms with Crippen molar-refractivity contribution in [2.24, 2.45) is 0 Å². The fourth-order valence-electron chi connectivity index (χ4n) is 12.3. The number of nitrogen functional groups attached to an aromatic ring is 1. The molecule has 26 heteroatoms. The Labute approximate surface area is 569 Å². The number of urea groups is 1. The summed E-state index contributed by atoms with van der Waals surface area (Å²) < 4.78 is 79.9. The molecule has 5 aromatic rings. The number of amides is 5. The minimum atomic E-state index is -5.18. The van der Waals surface area contributed by atoms with Gasteiger partial charge in [-0.05, 0) is 129 Å². The average molecular weight is 1380 g/mol. The molecule has 3 aromatic carbocycles. The van der Waals surface area contributed by atoms with Gasteiger partial charge in [-0.15, -0.1) is 11.3 Å². The number of nitrogens with zero attached hydrogens (tertiary/aromatic N) is 6. The highest BCUT2D eigenvalue weighted by Gasteiger charge is 2.31. The molecule has 0 saturated carbocycles. The molecule has 1 aliphatic carbocycles. The molecular formula is C70H97N13O10S3. The Morgan fingerprint density at radius 2 is 1.41 bits per heavy atom. The van der Waals surface area contributed by atoms with E-state index in [0.717, 1.165) is 133 Å². The molecule has 5 amide bonds. The van der Waals surface area contributed by atoms with Crippen LogP contribution in [0.25, 0.3) is 33.4 Å². The Hall–Kier alpha value is -7.75. The van der Waals surface area contributed by atoms with Gasteiger partial charge >= 0.3 is 6.03 Å². The number of anilines is 2. The van der Waals surface area contributed by atoms with Crippen molar-refractivity contribution in [3.05, 3.63) is 125 Å². The van der Waals surface area contributed by atoms with Crippen molar-refractivity contribution in [2.45, 2.75) is 171 Å². The largest absolute Gasteiger partial charge is 0.744 e. The maximum atomic E-state index is 14.2. The maximum absolute atomic E-state index is 14.2. The van der Waals surface area contributed by atoms with Crippen LogP contribution in [0.4, 0.5) is 15.6 Å². The number of carbonyl (C=O) groups is 4. The second-order valence-corrected chi connectivity index (χ2v) is 28.8. The first-order valence-electron chi connectivity index (χ1n) is 34.0. The summed E-state index contributed by atoms with van der Waals surface area (Å²) >= 11 is 1.22. The number of hydrogen-bond donors (Lipinski definition) is 7. The molecular weight excluding hydrogens is 1280 g/mol. The van der Waals surface area contributed by atoms with E-state index < -0.39 is 48.9 Å². The van der Waals surface area contributed by atoms with Crippen molar-refractivity contribution in [1.29, 1.82) is 0 Å². The van der Waals surface area contributed by atoms with Crippen LogP contribution in [0.1, 0.15) is 141 Å². The van der Waals surface area contributed by atoms with Crippen LogP contribution in [0.5, 0.6) is 0 Å². The zero-order valence-electron chi connectivity index (χ0n) is 56.2. The van der Waals surface area contributed by atoms with Crippen molar-refractivity contribution >= 4 is 77.0 Å². The summed E-state index contributed by atoms with van der Waals surface area (Å²) in [5.41, 5.74) is 10.6. The Bertz CT molecular complexity index is 3950. The number of rotatable bonds is 38. The highest BCUT2D eigenvalue weighted by molar-refractivity contribution is 7.89. The predicted octanol–water partition coefficient (Wildman–Crippen LogP) is 8.36. The molecule has 2 aliphatic heterocycles. The molecule has 8 rings (SSSR count). The van der Waals surface area contributed by atoms with Crippen molar-refractivity contribution in [3.63, 3.8) is 0 Å². The molecule has 3 aliphatic rings. The van der Waals surface area contributed by atoms with E-state index in [1.54, 1.807) is 11.7 Å². The van der Waals surface area contributed by atoms with E-state index in [1.807, 2.05) is 84.5 Å². The topological polar surface area (TPSA) is 311 Å². The fraction of sp³-hybridized carbons (Fsp3) is 0.500. The lowest BCUT2D eigenvalue weighted by molar-refractivity contribution is -0.132. The molecule has 520 valence electrons. The number of fused-ring (bicyclic) bond motifs is 2. The third-order valence-corrected chi connectivity index (χ3v) is 20.8. The van der Waals surface area contributed by atoms with Gasteiger partial charge in [-0.3, -0.25) is 14.4 Å². The number of aromatic nitrogens is 3. The first-order valence-corrected chi connectivity index (χ1v) is 37.8. The third kappa shape index (κ3) is 21.9. The number of nitrogens with two attached hydrogens (primary N) is 1. The fourth-order valence-corrected chi connectivity index (χ4v) is 14.8. The van der Waals surface area contributed by atoms with Gasteiger partial charge in [-0.1, -0.05) is 87.8 Å². The summed E-state index contributed by atoms with van der Waals surface area (Å²) in [6.07, 6.45) is 15.8. The molecule has 0 bridgehead atoms. The lowest BCUT2D eigenvalue weighted by Gasteiger charge is -2.31. The van der Waals surface area contributed by atoms with E-state index >= 15 is 0 Å². The standard InChI is InChI=1S/C70H97N13O10S3/c1-6-82(7-2)54-28-31-57-62(43-54)93-63-44-55(83(8-3)9-4)29-32-58(63)66(57)59-33-30-56(45-64(59)96(90,91)92)95(88,89)75-38-23-17-15-13-11-10-12-14-16-22-36-72-70(87)73-37-24-21-27-60(78-65(84)42-53-48-94-69(71)77-53)67(85)79-61(68(86)76-51-34-39-80(5)40-35-51)41-52-47-81(49-74-52)46-50-25-19-18-20-26-50/h18-20,25-26,28-33,43-45,47-49,51,60-61,75H,6-17,21-24,27,34-42,46H2,1-5H3,(H7-,71,72,73,76,77,78,79,84,85,86,87,90,91,92)/t60-,61-/m0/s1. The number of imidazole rings is 1. The second kappa shape index (κ2) is 36.6. The number of piperidine rings is 1. The van der Waals surface area contributed by atoms with Crippen LogP contribution in [0, 0.1) is 0 Å². The van der Waals surface area contributed by atoms with Crippen molar-refractivity contribution in [2.75, 3.05) is 76.6 Å². The Morgan fingerprint density at radius 1 is 0.750 bits per heavy atom. The van der Waals surface area contributed by atoms with Crippen LogP contribution in [-0.2, 0) is 53.9 Å². The van der Waals surface area contributed by atoms with Crippen LogP contribution in [-0.4, -0.2) is 149 Å². The molecule has 8 N–H and O–H groups in total. The normalized spacial score (nSPS) is 13.7. The van der Waals surface area contributed by atoms with Gasteiger partial charge in [0.1, 0.15) is 46.6 Å². The lowest BCUT2D eigenvalue weighted by atomic mass is 9.93. The van der Waals surface area contributed by atoms with Crippen molar-refractivity contribution in [1.82, 2.24) is 55.3 Å². The van der Waals surface area contributed by atoms with Crippen LogP contribution in [0.3, 0.4) is 0 Å². The SMILES string of the molecule is CCN(CC)c1ccc2c(-c3ccc(S(=O)(=O)NCCCCCCCCCCCCNC(=O)NCCCC[C@H](NC(=O)Cc4csc(N)n4)C(=O)N[C@@H](Cc4cn(Cc5ccccc5)cn4)C(=O)NC4CCN(C)CC4)cc3S(=O)(=O)[O-])c3ccc(=[N+](CC)CC)cc-3oc2c1. The number of likely N-dealkylation sites (tertiary alicyclic amines) is 1. The molecule has 2 atom stereocenters. The van der Waals surface area contributed by atoms with Crippen molar-refractivity contribution < 1.29 is 45.0 Å². The van der Waals surface area contributed by atoms with E-state index in [4.69, 9.17) is 10.2 Å².